The molecule has 0 saturated carbocycles. The maximum atomic E-state index is 6.06. The van der Waals surface area contributed by atoms with Crippen molar-refractivity contribution >= 4 is 43.1 Å². The van der Waals surface area contributed by atoms with Crippen LogP contribution in [0, 0.1) is 290 Å². The van der Waals surface area contributed by atoms with Crippen molar-refractivity contribution in [3.63, 3.8) is 0 Å². The Hall–Kier alpha value is -11.0. The number of aryl methyl sites for hydroxylation is 6. The maximum absolute atomic E-state index is 6.06. The van der Waals surface area contributed by atoms with E-state index in [9.17, 15) is 0 Å². The van der Waals surface area contributed by atoms with E-state index in [4.69, 9.17) is 19.3 Å². The molecule has 0 fully saturated rings. The van der Waals surface area contributed by atoms with Gasteiger partial charge in [0.05, 0.1) is 22.3 Å². The highest BCUT2D eigenvalue weighted by Gasteiger charge is 2.33. The molecule has 0 radical (unpaired) electrons. The van der Waals surface area contributed by atoms with Crippen molar-refractivity contribution in [3.8, 4) is 201 Å². The third-order valence-corrected chi connectivity index (χ3v) is 16.9. The second kappa shape index (κ2) is 25.0. The molecule has 0 unspecified atom stereocenters. The standard InChI is InChI=1S/C83H60/c1-23-29-34-37-39-43-49-70-67(47-42-38-35-30-24-2)68(46-41-36-31-25-3)71(48-40-32-26-4)82-80-69(45-33-27-5)66(44-28-6)56(13)63(20)74(80)65(22)79(81(70)82)83-76-60(17)54(11)53(10)59(16)73(76)64(21)78-75(61(18)55(12)62(19)77(78)83)72-57(14)51(8)50(7)52(9)58(72)15/h1,3,5H,2,4,6-22H3. The van der Waals surface area contributed by atoms with E-state index in [0.29, 0.717) is 33.2 Å². The van der Waals surface area contributed by atoms with Crippen LogP contribution in [0.1, 0.15) is 143 Å². The van der Waals surface area contributed by atoms with Crippen molar-refractivity contribution < 1.29 is 0 Å². The van der Waals surface area contributed by atoms with Gasteiger partial charge in [0.25, 0.3) is 0 Å². The van der Waals surface area contributed by atoms with Crippen molar-refractivity contribution in [2.24, 2.45) is 0 Å². The average molecular weight is 1060 g/mol. The second-order valence-electron chi connectivity index (χ2n) is 20.6. The molecule has 0 aromatic heterocycles. The van der Waals surface area contributed by atoms with Gasteiger partial charge in [0.1, 0.15) is 0 Å². The average Bonchev–Trinajstić information content (AvgIpc) is 1.84. The number of terminal acetylenes is 3. The molecular formula is C83H60. The Kier molecular flexibility index (Phi) is 17.9. The highest BCUT2D eigenvalue weighted by atomic mass is 14.3. The van der Waals surface area contributed by atoms with E-state index >= 15 is 0 Å². The van der Waals surface area contributed by atoms with E-state index in [1.165, 1.54) is 83.1 Å². The molecule has 7 aromatic rings. The Labute approximate surface area is 495 Å². The first-order valence-corrected chi connectivity index (χ1v) is 27.1. The van der Waals surface area contributed by atoms with E-state index in [2.05, 4.69) is 271 Å². The van der Waals surface area contributed by atoms with Gasteiger partial charge in [-0.1, -0.05) is 47.4 Å². The minimum atomic E-state index is 0.418. The summed E-state index contributed by atoms with van der Waals surface area (Å²) in [5.41, 5.74) is 26.7. The fourth-order valence-electron chi connectivity index (χ4n) is 12.0. The van der Waals surface area contributed by atoms with Gasteiger partial charge in [-0.2, -0.15) is 0 Å². The normalized spacial score (nSPS) is 9.40. The summed E-state index contributed by atoms with van der Waals surface area (Å²) < 4.78 is 0. The smallest absolute Gasteiger partial charge is 0.0588 e. The second-order valence-corrected chi connectivity index (χ2v) is 20.6. The summed E-state index contributed by atoms with van der Waals surface area (Å²) in [5, 5.41) is 7.79. The molecule has 0 amide bonds. The summed E-state index contributed by atoms with van der Waals surface area (Å²) in [6.45, 7) is 41.3. The Balaban J connectivity index is 2.17. The highest BCUT2D eigenvalue weighted by Crippen LogP contribution is 2.55. The molecule has 0 spiro atoms. The Morgan fingerprint density at radius 1 is 0.181 bits per heavy atom. The van der Waals surface area contributed by atoms with Gasteiger partial charge in [-0.05, 0) is 376 Å². The van der Waals surface area contributed by atoms with Gasteiger partial charge in [0, 0.05) is 27.3 Å². The predicted octanol–water partition coefficient (Wildman–Crippen LogP) is 15.7. The molecule has 0 aliphatic carbocycles. The Morgan fingerprint density at radius 2 is 0.494 bits per heavy atom. The van der Waals surface area contributed by atoms with Crippen molar-refractivity contribution in [1.29, 1.82) is 0 Å². The monoisotopic (exact) mass is 1060 g/mol. The van der Waals surface area contributed by atoms with E-state index in [-0.39, 0.29) is 0 Å². The first kappa shape index (κ1) is 59.6. The third-order valence-electron chi connectivity index (χ3n) is 16.9. The van der Waals surface area contributed by atoms with Crippen LogP contribution in [0.5, 0.6) is 0 Å². The number of rotatable bonds is 2. The van der Waals surface area contributed by atoms with Crippen LogP contribution in [0.4, 0.5) is 0 Å². The van der Waals surface area contributed by atoms with Crippen molar-refractivity contribution in [2.45, 2.75) is 132 Å². The maximum Gasteiger partial charge on any atom is 0.0588 e. The van der Waals surface area contributed by atoms with Crippen LogP contribution < -0.4 is 0 Å². The summed E-state index contributed by atoms with van der Waals surface area (Å²) >= 11 is 0. The van der Waals surface area contributed by atoms with Crippen LogP contribution >= 0.6 is 0 Å². The molecule has 0 saturated heterocycles. The summed E-state index contributed by atoms with van der Waals surface area (Å²) in [7, 11) is 0. The van der Waals surface area contributed by atoms with Gasteiger partial charge < -0.3 is 0 Å². The summed E-state index contributed by atoms with van der Waals surface area (Å²) in [6.07, 6.45) is 17.3. The van der Waals surface area contributed by atoms with Crippen molar-refractivity contribution in [2.75, 3.05) is 0 Å². The lowest BCUT2D eigenvalue weighted by Crippen LogP contribution is -2.08. The van der Waals surface area contributed by atoms with Crippen LogP contribution in [0.2, 0.25) is 0 Å². The first-order chi connectivity index (χ1) is 39.8. The van der Waals surface area contributed by atoms with Gasteiger partial charge >= 0.3 is 0 Å². The molecule has 0 bridgehead atoms. The minimum absolute atomic E-state index is 0.418. The van der Waals surface area contributed by atoms with E-state index < -0.39 is 0 Å². The van der Waals surface area contributed by atoms with E-state index in [0.717, 1.165) is 71.4 Å². The summed E-state index contributed by atoms with van der Waals surface area (Å²) in [4.78, 5) is 0. The molecule has 0 aliphatic heterocycles. The molecule has 0 atom stereocenters. The van der Waals surface area contributed by atoms with E-state index in [1.54, 1.807) is 13.8 Å². The molecule has 7 rings (SSSR count). The molecular weight excluding hydrogens is 997 g/mol. The molecule has 0 aliphatic rings. The largest absolute Gasteiger partial charge is 0.106 e. The molecule has 0 heterocycles. The van der Waals surface area contributed by atoms with Crippen LogP contribution in [-0.4, -0.2) is 0 Å². The van der Waals surface area contributed by atoms with Crippen LogP contribution in [0.15, 0.2) is 0 Å². The molecule has 7 aromatic carbocycles. The highest BCUT2D eigenvalue weighted by molar-refractivity contribution is 6.30. The SMILES string of the molecule is C#CC#CC#CC#Cc1c(C#CC#CC#CC)c(C#CC#CC#C)c(C#CC#CC)c2c1c(-c1c3c(C)c(C)c(C)c(C)c3c(C)c3c(-c4c(C)c(C)c(C)c(C)c4C)c(C)c(C)c(C)c13)c(C)c1c(C)c(C)c(C#CC)c(C#CC#C)c12. The lowest BCUT2D eigenvalue weighted by molar-refractivity contribution is 1.17. The molecule has 83 heavy (non-hydrogen) atoms. The van der Waals surface area contributed by atoms with Gasteiger partial charge in [0.2, 0.25) is 0 Å². The zero-order valence-electron chi connectivity index (χ0n) is 51.2. The zero-order valence-corrected chi connectivity index (χ0v) is 51.2. The lowest BCUT2D eigenvalue weighted by Gasteiger charge is -2.30. The Bertz CT molecular complexity index is 5150. The van der Waals surface area contributed by atoms with Crippen molar-refractivity contribution in [1.82, 2.24) is 0 Å². The number of benzene rings is 7. The van der Waals surface area contributed by atoms with Crippen LogP contribution in [-0.2, 0) is 0 Å². The van der Waals surface area contributed by atoms with Gasteiger partial charge in [-0.3, -0.25) is 0 Å². The van der Waals surface area contributed by atoms with E-state index in [1.807, 2.05) is 6.92 Å². The topological polar surface area (TPSA) is 0 Å². The number of fused-ring (bicyclic) bond motifs is 5. The van der Waals surface area contributed by atoms with Crippen LogP contribution in [0.3, 0.4) is 0 Å². The molecule has 0 nitrogen and oxygen atoms in total. The quantitative estimate of drug-likeness (QED) is 0.0920. The van der Waals surface area contributed by atoms with Crippen LogP contribution in [0.25, 0.3) is 65.3 Å². The molecule has 392 valence electrons. The van der Waals surface area contributed by atoms with Gasteiger partial charge in [-0.25, -0.2) is 0 Å². The molecule has 0 N–H and O–H groups in total. The van der Waals surface area contributed by atoms with Crippen molar-refractivity contribution in [3.05, 3.63) is 122 Å². The summed E-state index contributed by atoms with van der Waals surface area (Å²) in [6, 6.07) is 0. The minimum Gasteiger partial charge on any atom is -0.106 e. The first-order valence-electron chi connectivity index (χ1n) is 27.1. The lowest BCUT2D eigenvalue weighted by atomic mass is 9.72. The number of hydrogen-bond acceptors (Lipinski definition) is 0. The van der Waals surface area contributed by atoms with Gasteiger partial charge in [0.15, 0.2) is 0 Å². The fourth-order valence-corrected chi connectivity index (χ4v) is 12.0. The Morgan fingerprint density at radius 3 is 1.02 bits per heavy atom. The molecule has 0 heteroatoms. The van der Waals surface area contributed by atoms with Gasteiger partial charge in [-0.15, -0.1) is 25.2 Å². The fraction of sp³-hybridized carbons (Fsp3) is 0.229. The number of hydrogen-bond donors (Lipinski definition) is 0. The predicted molar refractivity (Wildman–Crippen MR) is 355 cm³/mol. The third kappa shape index (κ3) is 10.2. The summed E-state index contributed by atoms with van der Waals surface area (Å²) in [5.74, 6) is 81.2. The zero-order chi connectivity index (χ0) is 60.7.